The van der Waals surface area contributed by atoms with Gasteiger partial charge in [0, 0.05) is 13.6 Å². The fraction of sp³-hybridized carbons (Fsp3) is 0.421. The summed E-state index contributed by atoms with van der Waals surface area (Å²) in [6.45, 7) is 5.69. The van der Waals surface area contributed by atoms with E-state index >= 15 is 0 Å². The number of ether oxygens (including phenoxy) is 2. The number of benzene rings is 1. The van der Waals surface area contributed by atoms with Gasteiger partial charge in [-0.25, -0.2) is 0 Å². The summed E-state index contributed by atoms with van der Waals surface area (Å²) in [5.41, 5.74) is 1.35. The number of nitrogens with zero attached hydrogens (tertiary/aromatic N) is 1. The summed E-state index contributed by atoms with van der Waals surface area (Å²) in [4.78, 5) is 4.27. The molecule has 2 unspecified atom stereocenters. The van der Waals surface area contributed by atoms with E-state index in [0.29, 0.717) is 12.5 Å². The first-order valence-electron chi connectivity index (χ1n) is 8.40. The second-order valence-corrected chi connectivity index (χ2v) is 6.65. The van der Waals surface area contributed by atoms with Crippen molar-refractivity contribution < 1.29 is 9.47 Å². The van der Waals surface area contributed by atoms with E-state index in [1.54, 1.807) is 25.5 Å². The average molecular weight is 362 g/mol. The van der Waals surface area contributed by atoms with E-state index in [0.717, 1.165) is 24.0 Å². The maximum absolute atomic E-state index is 5.95. The third kappa shape index (κ3) is 5.98. The third-order valence-corrected chi connectivity index (χ3v) is 4.57. The van der Waals surface area contributed by atoms with Gasteiger partial charge < -0.3 is 20.1 Å². The number of aliphatic imine (C=N–C) groups is 1. The first-order chi connectivity index (χ1) is 12.1. The fourth-order valence-electron chi connectivity index (χ4n) is 2.36. The van der Waals surface area contributed by atoms with Gasteiger partial charge in [0.25, 0.3) is 0 Å². The van der Waals surface area contributed by atoms with Gasteiger partial charge >= 0.3 is 0 Å². The Morgan fingerprint density at radius 2 is 1.84 bits per heavy atom. The summed E-state index contributed by atoms with van der Waals surface area (Å²) >= 11 is 1.73. The number of hydrogen-bond acceptors (Lipinski definition) is 4. The van der Waals surface area contributed by atoms with Gasteiger partial charge in [0.05, 0.1) is 13.7 Å². The van der Waals surface area contributed by atoms with Crippen LogP contribution in [0.25, 0.3) is 0 Å². The smallest absolute Gasteiger partial charge is 0.191 e. The van der Waals surface area contributed by atoms with Crippen LogP contribution in [-0.4, -0.2) is 39.3 Å². The van der Waals surface area contributed by atoms with Crippen molar-refractivity contribution in [1.82, 2.24) is 10.6 Å². The lowest BCUT2D eigenvalue weighted by Gasteiger charge is -2.20. The summed E-state index contributed by atoms with van der Waals surface area (Å²) in [5, 5.41) is 11.0. The molecule has 5 nitrogen and oxygen atoms in total. The monoisotopic (exact) mass is 361 g/mol. The van der Waals surface area contributed by atoms with Crippen molar-refractivity contribution in [2.45, 2.75) is 25.9 Å². The van der Waals surface area contributed by atoms with Crippen LogP contribution < -0.4 is 20.1 Å². The lowest BCUT2D eigenvalue weighted by atomic mass is 10.1. The molecule has 0 amide bonds. The van der Waals surface area contributed by atoms with E-state index < -0.39 is 0 Å². The van der Waals surface area contributed by atoms with Gasteiger partial charge in [-0.05, 0) is 47.4 Å². The van der Waals surface area contributed by atoms with E-state index in [-0.39, 0.29) is 6.10 Å². The van der Waals surface area contributed by atoms with E-state index in [2.05, 4.69) is 39.4 Å². The first kappa shape index (κ1) is 19.1. The van der Waals surface area contributed by atoms with E-state index in [1.807, 2.05) is 31.2 Å². The Bertz CT molecular complexity index is 658. The second kappa shape index (κ2) is 9.93. The molecule has 2 aromatic rings. The van der Waals surface area contributed by atoms with Crippen LogP contribution in [0.5, 0.6) is 11.5 Å². The minimum Gasteiger partial charge on any atom is -0.493 e. The van der Waals surface area contributed by atoms with Gasteiger partial charge in [-0.2, -0.15) is 11.3 Å². The molecule has 0 fully saturated rings. The number of thiophene rings is 1. The predicted octanol–water partition coefficient (Wildman–Crippen LogP) is 3.49. The summed E-state index contributed by atoms with van der Waals surface area (Å²) in [6, 6.07) is 9.82. The SMILES string of the molecule is CN=C(NCC(C)Oc1ccccc1OC)NCC(C)c1ccsc1. The van der Waals surface area contributed by atoms with E-state index in [4.69, 9.17) is 9.47 Å². The third-order valence-electron chi connectivity index (χ3n) is 3.87. The van der Waals surface area contributed by atoms with E-state index in [1.165, 1.54) is 5.56 Å². The molecule has 1 aromatic heterocycles. The van der Waals surface area contributed by atoms with Crippen molar-refractivity contribution >= 4 is 17.3 Å². The zero-order valence-corrected chi connectivity index (χ0v) is 16.1. The quantitative estimate of drug-likeness (QED) is 0.558. The number of guanidine groups is 1. The Balaban J connectivity index is 1.78. The topological polar surface area (TPSA) is 54.9 Å². The number of methoxy groups -OCH3 is 1. The van der Waals surface area contributed by atoms with Crippen molar-refractivity contribution in [3.05, 3.63) is 46.7 Å². The minimum atomic E-state index is -0.0239. The highest BCUT2D eigenvalue weighted by molar-refractivity contribution is 7.07. The maximum Gasteiger partial charge on any atom is 0.191 e. The van der Waals surface area contributed by atoms with Crippen molar-refractivity contribution in [3.8, 4) is 11.5 Å². The minimum absolute atomic E-state index is 0.0239. The Labute approximate surface area is 154 Å². The average Bonchev–Trinajstić information content (AvgIpc) is 3.17. The highest BCUT2D eigenvalue weighted by Gasteiger charge is 2.10. The molecule has 2 N–H and O–H groups in total. The molecule has 0 spiro atoms. The number of rotatable bonds is 8. The van der Waals surface area contributed by atoms with Crippen LogP contribution in [0, 0.1) is 0 Å². The highest BCUT2D eigenvalue weighted by atomic mass is 32.1. The van der Waals surface area contributed by atoms with Gasteiger partial charge in [0.15, 0.2) is 17.5 Å². The standard InChI is InChI=1S/C19H27N3O2S/c1-14(16-9-10-25-13-16)11-21-19(20-3)22-12-15(2)24-18-8-6-5-7-17(18)23-4/h5-10,13-15H,11-12H2,1-4H3,(H2,20,21,22). The van der Waals surface area contributed by atoms with E-state index in [9.17, 15) is 0 Å². The highest BCUT2D eigenvalue weighted by Crippen LogP contribution is 2.26. The molecular weight excluding hydrogens is 334 g/mol. The lowest BCUT2D eigenvalue weighted by Crippen LogP contribution is -2.42. The molecule has 25 heavy (non-hydrogen) atoms. The van der Waals surface area contributed by atoms with Crippen LogP contribution >= 0.6 is 11.3 Å². The molecule has 0 saturated carbocycles. The Morgan fingerprint density at radius 3 is 2.48 bits per heavy atom. The largest absolute Gasteiger partial charge is 0.493 e. The van der Waals surface area contributed by atoms with Gasteiger partial charge in [-0.1, -0.05) is 19.1 Å². The molecular formula is C19H27N3O2S. The maximum atomic E-state index is 5.95. The van der Waals surface area contributed by atoms with Crippen LogP contribution in [0.4, 0.5) is 0 Å². The van der Waals surface area contributed by atoms with Gasteiger partial charge in [0.1, 0.15) is 6.10 Å². The summed E-state index contributed by atoms with van der Waals surface area (Å²) < 4.78 is 11.3. The Morgan fingerprint density at radius 1 is 1.12 bits per heavy atom. The van der Waals surface area contributed by atoms with Crippen LogP contribution in [0.3, 0.4) is 0 Å². The molecule has 2 atom stereocenters. The van der Waals surface area contributed by atoms with Crippen LogP contribution in [0.1, 0.15) is 25.3 Å². The van der Waals surface area contributed by atoms with Crippen molar-refractivity contribution in [2.75, 3.05) is 27.2 Å². The number of hydrogen-bond donors (Lipinski definition) is 2. The molecule has 2 rings (SSSR count). The number of nitrogens with one attached hydrogen (secondary N) is 2. The summed E-state index contributed by atoms with van der Waals surface area (Å²) in [5.74, 6) is 2.69. The molecule has 0 aliphatic carbocycles. The van der Waals surface area contributed by atoms with Crippen LogP contribution in [-0.2, 0) is 0 Å². The van der Waals surface area contributed by atoms with Gasteiger partial charge in [-0.15, -0.1) is 0 Å². The summed E-state index contributed by atoms with van der Waals surface area (Å²) in [6.07, 6.45) is -0.0239. The van der Waals surface area contributed by atoms with Gasteiger partial charge in [0.2, 0.25) is 0 Å². The first-order valence-corrected chi connectivity index (χ1v) is 9.34. The molecule has 1 heterocycles. The van der Waals surface area contributed by atoms with Crippen LogP contribution in [0.2, 0.25) is 0 Å². The molecule has 0 bridgehead atoms. The zero-order chi connectivity index (χ0) is 18.1. The second-order valence-electron chi connectivity index (χ2n) is 5.87. The molecule has 136 valence electrons. The summed E-state index contributed by atoms with van der Waals surface area (Å²) in [7, 11) is 3.42. The van der Waals surface area contributed by atoms with Crippen molar-refractivity contribution in [2.24, 2.45) is 4.99 Å². The Kier molecular flexibility index (Phi) is 7.60. The molecule has 0 aliphatic heterocycles. The molecule has 6 heteroatoms. The zero-order valence-electron chi connectivity index (χ0n) is 15.3. The predicted molar refractivity (Wildman–Crippen MR) is 105 cm³/mol. The number of para-hydroxylation sites is 2. The molecule has 0 saturated heterocycles. The fourth-order valence-corrected chi connectivity index (χ4v) is 3.14. The molecule has 0 radical (unpaired) electrons. The Hall–Kier alpha value is -2.21. The molecule has 0 aliphatic rings. The normalized spacial score (nSPS) is 13.8. The van der Waals surface area contributed by atoms with Crippen LogP contribution in [0.15, 0.2) is 46.1 Å². The van der Waals surface area contributed by atoms with Gasteiger partial charge in [-0.3, -0.25) is 4.99 Å². The molecule has 1 aromatic carbocycles. The lowest BCUT2D eigenvalue weighted by molar-refractivity contribution is 0.213. The van der Waals surface area contributed by atoms with Crippen molar-refractivity contribution in [3.63, 3.8) is 0 Å². The van der Waals surface area contributed by atoms with Crippen molar-refractivity contribution in [1.29, 1.82) is 0 Å².